The van der Waals surface area contributed by atoms with Crippen LogP contribution < -0.4 is 10.5 Å². The van der Waals surface area contributed by atoms with Crippen LogP contribution in [0.5, 0.6) is 5.75 Å². The van der Waals surface area contributed by atoms with Gasteiger partial charge < -0.3 is 15.0 Å². The smallest absolute Gasteiger partial charge is 0.175 e. The molecular formula is C19H19N5O. The van der Waals surface area contributed by atoms with Crippen LogP contribution >= 0.6 is 0 Å². The Balaban J connectivity index is 1.76. The normalized spacial score (nSPS) is 19.2. The molecule has 2 N–H and O–H groups in total. The summed E-state index contributed by atoms with van der Waals surface area (Å²) in [5.41, 5.74) is 8.85. The Morgan fingerprint density at radius 3 is 2.92 bits per heavy atom. The van der Waals surface area contributed by atoms with Gasteiger partial charge in [0.15, 0.2) is 11.7 Å². The standard InChI is InChI=1S/C19H19N5O/c1-19(12-24-7-6-22-18(24)17(20)23-19)15-5-3-4-13(8-15)14-9-16(25-2)11-21-10-14/h3-11H,12H2,1-2H3,(H2,20,23). The van der Waals surface area contributed by atoms with E-state index in [2.05, 4.69) is 35.1 Å². The summed E-state index contributed by atoms with van der Waals surface area (Å²) in [4.78, 5) is 13.2. The number of amidine groups is 1. The number of pyridine rings is 1. The Morgan fingerprint density at radius 1 is 1.20 bits per heavy atom. The molecule has 3 aromatic rings. The van der Waals surface area contributed by atoms with Gasteiger partial charge in [-0.3, -0.25) is 9.98 Å². The fourth-order valence-corrected chi connectivity index (χ4v) is 3.23. The molecule has 1 aliphatic heterocycles. The average Bonchev–Trinajstić information content (AvgIpc) is 3.10. The van der Waals surface area contributed by atoms with Crippen molar-refractivity contribution < 1.29 is 4.74 Å². The highest BCUT2D eigenvalue weighted by Crippen LogP contribution is 2.34. The monoisotopic (exact) mass is 333 g/mol. The highest BCUT2D eigenvalue weighted by atomic mass is 16.5. The number of fused-ring (bicyclic) bond motifs is 1. The Labute approximate surface area is 146 Å². The predicted octanol–water partition coefficient (Wildman–Crippen LogP) is 2.59. The van der Waals surface area contributed by atoms with Gasteiger partial charge in [-0.25, -0.2) is 4.98 Å². The van der Waals surface area contributed by atoms with E-state index in [1.807, 2.05) is 29.1 Å². The molecule has 126 valence electrons. The highest BCUT2D eigenvalue weighted by Gasteiger charge is 2.32. The molecule has 0 radical (unpaired) electrons. The van der Waals surface area contributed by atoms with Crippen molar-refractivity contribution in [2.24, 2.45) is 10.7 Å². The van der Waals surface area contributed by atoms with Crippen molar-refractivity contribution in [3.05, 3.63) is 66.5 Å². The maximum absolute atomic E-state index is 6.13. The van der Waals surface area contributed by atoms with Crippen LogP contribution in [0.15, 0.2) is 60.1 Å². The molecule has 1 unspecified atom stereocenters. The van der Waals surface area contributed by atoms with Crippen LogP contribution in [0.25, 0.3) is 11.1 Å². The number of nitrogens with zero attached hydrogens (tertiary/aromatic N) is 4. The maximum atomic E-state index is 6.13. The summed E-state index contributed by atoms with van der Waals surface area (Å²) in [7, 11) is 1.64. The number of methoxy groups -OCH3 is 1. The molecule has 1 atom stereocenters. The van der Waals surface area contributed by atoms with Crippen molar-refractivity contribution in [2.45, 2.75) is 19.0 Å². The number of hydrogen-bond donors (Lipinski definition) is 1. The number of nitrogens with two attached hydrogens (primary N) is 1. The van der Waals surface area contributed by atoms with Gasteiger partial charge in [-0.1, -0.05) is 18.2 Å². The number of aliphatic imine (C=N–C) groups is 1. The first-order valence-electron chi connectivity index (χ1n) is 8.06. The summed E-state index contributed by atoms with van der Waals surface area (Å²) in [5, 5.41) is 0. The van der Waals surface area contributed by atoms with Crippen LogP contribution in [-0.2, 0) is 12.1 Å². The van der Waals surface area contributed by atoms with E-state index in [4.69, 9.17) is 15.5 Å². The Morgan fingerprint density at radius 2 is 2.08 bits per heavy atom. The van der Waals surface area contributed by atoms with Gasteiger partial charge >= 0.3 is 0 Å². The lowest BCUT2D eigenvalue weighted by Crippen LogP contribution is -2.37. The second-order valence-electron chi connectivity index (χ2n) is 6.34. The summed E-state index contributed by atoms with van der Waals surface area (Å²) in [6.07, 6.45) is 7.21. The van der Waals surface area contributed by atoms with E-state index in [0.29, 0.717) is 12.4 Å². The number of rotatable bonds is 3. The zero-order chi connectivity index (χ0) is 17.4. The van der Waals surface area contributed by atoms with Gasteiger partial charge in [0.25, 0.3) is 0 Å². The van der Waals surface area contributed by atoms with E-state index in [9.17, 15) is 0 Å². The SMILES string of the molecule is COc1cncc(-c2cccc(C3(C)Cn4ccnc4C(N)=N3)c2)c1. The largest absolute Gasteiger partial charge is 0.495 e. The van der Waals surface area contributed by atoms with Gasteiger partial charge in [0.2, 0.25) is 0 Å². The molecule has 0 bridgehead atoms. The Bertz CT molecular complexity index is 962. The van der Waals surface area contributed by atoms with Crippen LogP contribution in [0.2, 0.25) is 0 Å². The first-order valence-corrected chi connectivity index (χ1v) is 8.06. The highest BCUT2D eigenvalue weighted by molar-refractivity contribution is 5.95. The summed E-state index contributed by atoms with van der Waals surface area (Å²) >= 11 is 0. The summed E-state index contributed by atoms with van der Waals surface area (Å²) in [6.45, 7) is 2.79. The summed E-state index contributed by atoms with van der Waals surface area (Å²) in [6, 6.07) is 10.3. The third-order valence-corrected chi connectivity index (χ3v) is 4.56. The van der Waals surface area contributed by atoms with E-state index >= 15 is 0 Å². The third kappa shape index (κ3) is 2.65. The van der Waals surface area contributed by atoms with Gasteiger partial charge in [0.1, 0.15) is 11.3 Å². The molecule has 0 aliphatic carbocycles. The van der Waals surface area contributed by atoms with E-state index in [1.54, 1.807) is 19.5 Å². The lowest BCUT2D eigenvalue weighted by atomic mass is 9.89. The maximum Gasteiger partial charge on any atom is 0.175 e. The minimum atomic E-state index is -0.444. The topological polar surface area (TPSA) is 78.3 Å². The van der Waals surface area contributed by atoms with E-state index in [0.717, 1.165) is 28.3 Å². The molecule has 6 nitrogen and oxygen atoms in total. The molecule has 0 saturated carbocycles. The van der Waals surface area contributed by atoms with E-state index < -0.39 is 5.54 Å². The molecule has 0 saturated heterocycles. The fourth-order valence-electron chi connectivity index (χ4n) is 3.23. The molecule has 0 spiro atoms. The first-order chi connectivity index (χ1) is 12.1. The van der Waals surface area contributed by atoms with Crippen LogP contribution in [-0.4, -0.2) is 27.5 Å². The molecule has 25 heavy (non-hydrogen) atoms. The second kappa shape index (κ2) is 5.73. The first kappa shape index (κ1) is 15.4. The number of imidazole rings is 1. The summed E-state index contributed by atoms with van der Waals surface area (Å²) < 4.78 is 7.32. The van der Waals surface area contributed by atoms with Crippen molar-refractivity contribution in [1.29, 1.82) is 0 Å². The molecule has 4 rings (SSSR count). The molecule has 0 amide bonds. The Hall–Kier alpha value is -3.15. The quantitative estimate of drug-likeness (QED) is 0.799. The average molecular weight is 333 g/mol. The molecule has 1 aromatic carbocycles. The fraction of sp³-hybridized carbons (Fsp3) is 0.211. The van der Waals surface area contributed by atoms with E-state index in [-0.39, 0.29) is 0 Å². The zero-order valence-electron chi connectivity index (χ0n) is 14.2. The van der Waals surface area contributed by atoms with Crippen LogP contribution in [0.3, 0.4) is 0 Å². The number of benzene rings is 1. The molecular weight excluding hydrogens is 314 g/mol. The Kier molecular flexibility index (Phi) is 3.53. The molecule has 0 fully saturated rings. The molecule has 2 aromatic heterocycles. The van der Waals surface area contributed by atoms with Crippen LogP contribution in [0.4, 0.5) is 0 Å². The lowest BCUT2D eigenvalue weighted by Gasteiger charge is -2.31. The molecule has 1 aliphatic rings. The minimum Gasteiger partial charge on any atom is -0.495 e. The third-order valence-electron chi connectivity index (χ3n) is 4.56. The van der Waals surface area contributed by atoms with Gasteiger partial charge in [-0.05, 0) is 30.2 Å². The number of hydrogen-bond acceptors (Lipinski definition) is 5. The van der Waals surface area contributed by atoms with Crippen molar-refractivity contribution in [1.82, 2.24) is 14.5 Å². The van der Waals surface area contributed by atoms with Crippen molar-refractivity contribution in [3.63, 3.8) is 0 Å². The van der Waals surface area contributed by atoms with Crippen molar-refractivity contribution in [3.8, 4) is 16.9 Å². The van der Waals surface area contributed by atoms with Gasteiger partial charge in [-0.2, -0.15) is 0 Å². The molecule has 6 heteroatoms. The lowest BCUT2D eigenvalue weighted by molar-refractivity contribution is 0.400. The van der Waals surface area contributed by atoms with Gasteiger partial charge in [-0.15, -0.1) is 0 Å². The van der Waals surface area contributed by atoms with Crippen LogP contribution in [0, 0.1) is 0 Å². The van der Waals surface area contributed by atoms with Crippen molar-refractivity contribution >= 4 is 5.84 Å². The zero-order valence-corrected chi connectivity index (χ0v) is 14.2. The van der Waals surface area contributed by atoms with Crippen LogP contribution in [0.1, 0.15) is 18.3 Å². The minimum absolute atomic E-state index is 0.444. The van der Waals surface area contributed by atoms with Gasteiger partial charge in [0.05, 0.1) is 19.9 Å². The molecule has 3 heterocycles. The predicted molar refractivity (Wildman–Crippen MR) is 96.5 cm³/mol. The van der Waals surface area contributed by atoms with Crippen molar-refractivity contribution in [2.75, 3.05) is 7.11 Å². The van der Waals surface area contributed by atoms with E-state index in [1.165, 1.54) is 0 Å². The number of ether oxygens (including phenoxy) is 1. The second-order valence-corrected chi connectivity index (χ2v) is 6.34. The summed E-state index contributed by atoms with van der Waals surface area (Å²) in [5.74, 6) is 1.93. The van der Waals surface area contributed by atoms with Gasteiger partial charge in [0, 0.05) is 24.2 Å². The number of aromatic nitrogens is 3.